The average molecular weight is 354 g/mol. The highest BCUT2D eigenvalue weighted by atomic mass is 32.2. The van der Waals surface area contributed by atoms with Gasteiger partial charge in [-0.1, -0.05) is 18.7 Å². The topological polar surface area (TPSA) is 89.1 Å². The van der Waals surface area contributed by atoms with Gasteiger partial charge >= 0.3 is 0 Å². The largest absolute Gasteiger partial charge is 0.381 e. The fraction of sp³-hybridized carbons (Fsp3) is 0.812. The maximum atomic E-state index is 12.3. The third kappa shape index (κ3) is 4.70. The van der Waals surface area contributed by atoms with Crippen LogP contribution in [0.5, 0.6) is 0 Å². The quantitative estimate of drug-likeness (QED) is 0.751. The number of hydrogen-bond acceptors (Lipinski definition) is 6. The van der Waals surface area contributed by atoms with Gasteiger partial charge in [0.25, 0.3) is 0 Å². The molecule has 134 valence electrons. The van der Waals surface area contributed by atoms with Crippen molar-refractivity contribution >= 4 is 17.7 Å². The summed E-state index contributed by atoms with van der Waals surface area (Å²) in [5, 5.41) is 10.8. The number of carbonyl (C=O) groups is 1. The molecule has 1 aromatic rings. The Bertz CT molecular complexity index is 533. The van der Waals surface area contributed by atoms with Crippen LogP contribution in [0.3, 0.4) is 0 Å². The molecule has 24 heavy (non-hydrogen) atoms. The zero-order chi connectivity index (χ0) is 16.8. The van der Waals surface area contributed by atoms with Crippen LogP contribution in [-0.4, -0.2) is 59.3 Å². The Balaban J connectivity index is 1.49. The molecule has 0 aliphatic carbocycles. The Morgan fingerprint density at radius 2 is 2.08 bits per heavy atom. The van der Waals surface area contributed by atoms with Crippen molar-refractivity contribution in [2.24, 2.45) is 11.8 Å². The number of aromatic amines is 1. The minimum Gasteiger partial charge on any atom is -0.381 e. The van der Waals surface area contributed by atoms with E-state index in [1.54, 1.807) is 0 Å². The van der Waals surface area contributed by atoms with E-state index >= 15 is 0 Å². The zero-order valence-electron chi connectivity index (χ0n) is 14.1. The SMILES string of the molecule is CCc1nc(SCC(=O)N[C@@H]2CCOC[C@@H]2C2CCOCC2)n[nH]1. The van der Waals surface area contributed by atoms with Gasteiger partial charge in [0.15, 0.2) is 0 Å². The van der Waals surface area contributed by atoms with Gasteiger partial charge in [0.05, 0.1) is 12.4 Å². The lowest BCUT2D eigenvalue weighted by Crippen LogP contribution is -2.49. The molecule has 2 aliphatic rings. The first-order valence-electron chi connectivity index (χ1n) is 8.75. The third-order valence-electron chi connectivity index (χ3n) is 4.80. The van der Waals surface area contributed by atoms with Gasteiger partial charge in [0, 0.05) is 38.2 Å². The van der Waals surface area contributed by atoms with Crippen LogP contribution in [0, 0.1) is 11.8 Å². The van der Waals surface area contributed by atoms with Crippen LogP contribution in [0.1, 0.15) is 32.0 Å². The zero-order valence-corrected chi connectivity index (χ0v) is 14.9. The van der Waals surface area contributed by atoms with Crippen molar-refractivity contribution in [2.45, 2.75) is 43.8 Å². The number of aryl methyl sites for hydroxylation is 1. The lowest BCUT2D eigenvalue weighted by atomic mass is 9.79. The lowest BCUT2D eigenvalue weighted by molar-refractivity contribution is -0.121. The van der Waals surface area contributed by atoms with Crippen molar-refractivity contribution in [1.82, 2.24) is 20.5 Å². The summed E-state index contributed by atoms with van der Waals surface area (Å²) in [6, 6.07) is 0.202. The van der Waals surface area contributed by atoms with E-state index in [4.69, 9.17) is 9.47 Å². The van der Waals surface area contributed by atoms with Crippen molar-refractivity contribution in [2.75, 3.05) is 32.2 Å². The van der Waals surface area contributed by atoms with Crippen LogP contribution in [0.4, 0.5) is 0 Å². The van der Waals surface area contributed by atoms with Crippen LogP contribution in [0.2, 0.25) is 0 Å². The summed E-state index contributed by atoms with van der Waals surface area (Å²) in [7, 11) is 0. The Morgan fingerprint density at radius 3 is 2.83 bits per heavy atom. The number of ether oxygens (including phenoxy) is 2. The van der Waals surface area contributed by atoms with Crippen molar-refractivity contribution in [3.8, 4) is 0 Å². The third-order valence-corrected chi connectivity index (χ3v) is 5.64. The van der Waals surface area contributed by atoms with E-state index in [0.717, 1.165) is 57.9 Å². The van der Waals surface area contributed by atoms with Crippen LogP contribution in [0.25, 0.3) is 0 Å². The Morgan fingerprint density at radius 1 is 1.29 bits per heavy atom. The maximum absolute atomic E-state index is 12.3. The number of H-pyrrole nitrogens is 1. The molecular weight excluding hydrogens is 328 g/mol. The monoisotopic (exact) mass is 354 g/mol. The van der Waals surface area contributed by atoms with E-state index < -0.39 is 0 Å². The van der Waals surface area contributed by atoms with Crippen molar-refractivity contribution in [3.05, 3.63) is 5.82 Å². The molecule has 1 aromatic heterocycles. The molecule has 0 bridgehead atoms. The van der Waals surface area contributed by atoms with Gasteiger partial charge in [-0.25, -0.2) is 4.98 Å². The molecule has 7 nitrogen and oxygen atoms in total. The number of carbonyl (C=O) groups excluding carboxylic acids is 1. The predicted molar refractivity (Wildman–Crippen MR) is 90.9 cm³/mol. The second kappa shape index (κ2) is 8.82. The summed E-state index contributed by atoms with van der Waals surface area (Å²) in [6.07, 6.45) is 3.83. The molecule has 8 heteroatoms. The standard InChI is InChI=1S/C16H26N4O3S/c1-2-14-18-16(20-19-14)24-10-15(21)17-13-5-8-23-9-12(13)11-3-6-22-7-4-11/h11-13H,2-10H2,1H3,(H,17,21)(H,18,19,20)/t12-,13-/m1/s1. The number of aromatic nitrogens is 3. The van der Waals surface area contributed by atoms with Crippen LogP contribution in [-0.2, 0) is 20.7 Å². The van der Waals surface area contributed by atoms with Crippen molar-refractivity contribution in [3.63, 3.8) is 0 Å². The van der Waals surface area contributed by atoms with Gasteiger partial charge in [-0.3, -0.25) is 9.89 Å². The first kappa shape index (κ1) is 17.7. The van der Waals surface area contributed by atoms with Gasteiger partial charge in [0.2, 0.25) is 11.1 Å². The smallest absolute Gasteiger partial charge is 0.230 e. The average Bonchev–Trinajstić information content (AvgIpc) is 3.09. The molecule has 2 atom stereocenters. The maximum Gasteiger partial charge on any atom is 0.230 e. The molecule has 2 fully saturated rings. The molecule has 3 heterocycles. The molecular formula is C16H26N4O3S. The molecule has 0 radical (unpaired) electrons. The molecule has 0 aromatic carbocycles. The van der Waals surface area contributed by atoms with E-state index in [1.807, 2.05) is 6.92 Å². The second-order valence-electron chi connectivity index (χ2n) is 6.36. The fourth-order valence-electron chi connectivity index (χ4n) is 3.43. The number of rotatable bonds is 6. The Hall–Kier alpha value is -1.12. The summed E-state index contributed by atoms with van der Waals surface area (Å²) in [5.41, 5.74) is 0. The Labute approximate surface area is 146 Å². The first-order chi connectivity index (χ1) is 11.8. The molecule has 1 amide bonds. The van der Waals surface area contributed by atoms with E-state index in [2.05, 4.69) is 20.5 Å². The molecule has 3 rings (SSSR count). The van der Waals surface area contributed by atoms with E-state index in [-0.39, 0.29) is 11.9 Å². The minimum atomic E-state index is 0.0480. The van der Waals surface area contributed by atoms with Crippen molar-refractivity contribution in [1.29, 1.82) is 0 Å². The first-order valence-corrected chi connectivity index (χ1v) is 9.73. The highest BCUT2D eigenvalue weighted by molar-refractivity contribution is 7.99. The van der Waals surface area contributed by atoms with Gasteiger partial charge in [-0.2, -0.15) is 0 Å². The van der Waals surface area contributed by atoms with Crippen LogP contribution in [0.15, 0.2) is 5.16 Å². The molecule has 2 N–H and O–H groups in total. The number of thioether (sulfide) groups is 1. The number of hydrogen-bond donors (Lipinski definition) is 2. The number of amides is 1. The van der Waals surface area contributed by atoms with E-state index in [0.29, 0.717) is 22.7 Å². The predicted octanol–water partition coefficient (Wildman–Crippen LogP) is 1.41. The summed E-state index contributed by atoms with van der Waals surface area (Å²) in [6.45, 7) is 5.12. The highest BCUT2D eigenvalue weighted by Gasteiger charge is 2.34. The van der Waals surface area contributed by atoms with Gasteiger partial charge in [-0.05, 0) is 25.2 Å². The van der Waals surface area contributed by atoms with E-state index in [1.165, 1.54) is 11.8 Å². The summed E-state index contributed by atoms with van der Waals surface area (Å²) < 4.78 is 11.1. The fourth-order valence-corrected chi connectivity index (χ4v) is 4.06. The molecule has 2 aliphatic heterocycles. The molecule has 0 saturated carbocycles. The normalized spacial score (nSPS) is 25.5. The summed E-state index contributed by atoms with van der Waals surface area (Å²) >= 11 is 1.37. The van der Waals surface area contributed by atoms with Gasteiger partial charge < -0.3 is 14.8 Å². The molecule has 2 saturated heterocycles. The summed E-state index contributed by atoms with van der Waals surface area (Å²) in [4.78, 5) is 16.6. The van der Waals surface area contributed by atoms with Gasteiger partial charge in [0.1, 0.15) is 5.82 Å². The minimum absolute atomic E-state index is 0.0480. The number of nitrogens with zero attached hydrogens (tertiary/aromatic N) is 2. The van der Waals surface area contributed by atoms with Crippen molar-refractivity contribution < 1.29 is 14.3 Å². The second-order valence-corrected chi connectivity index (χ2v) is 7.30. The molecule has 0 unspecified atom stereocenters. The highest BCUT2D eigenvalue weighted by Crippen LogP contribution is 2.30. The Kier molecular flexibility index (Phi) is 6.51. The van der Waals surface area contributed by atoms with Crippen LogP contribution < -0.4 is 5.32 Å². The van der Waals surface area contributed by atoms with Gasteiger partial charge in [-0.15, -0.1) is 5.10 Å². The molecule has 0 spiro atoms. The lowest BCUT2D eigenvalue weighted by Gasteiger charge is -2.39. The van der Waals surface area contributed by atoms with E-state index in [9.17, 15) is 4.79 Å². The number of nitrogens with one attached hydrogen (secondary N) is 2. The van der Waals surface area contributed by atoms with Crippen LogP contribution >= 0.6 is 11.8 Å². The summed E-state index contributed by atoms with van der Waals surface area (Å²) in [5.74, 6) is 2.22.